The minimum absolute atomic E-state index is 0.0214. The molecule has 0 aromatic heterocycles. The van der Waals surface area contributed by atoms with Gasteiger partial charge in [-0.25, -0.2) is 5.43 Å². The van der Waals surface area contributed by atoms with E-state index in [4.69, 9.17) is 4.74 Å². The van der Waals surface area contributed by atoms with Crippen LogP contribution in [0, 0.1) is 0 Å². The molecule has 138 valence electrons. The smallest absolute Gasteiger partial charge is 0.308 e. The van der Waals surface area contributed by atoms with Crippen molar-refractivity contribution in [3.63, 3.8) is 0 Å². The maximum absolute atomic E-state index is 12.1. The van der Waals surface area contributed by atoms with Crippen molar-refractivity contribution in [2.45, 2.75) is 23.5 Å². The highest BCUT2D eigenvalue weighted by molar-refractivity contribution is 8.01. The van der Waals surface area contributed by atoms with Gasteiger partial charge in [0.2, 0.25) is 11.8 Å². The van der Waals surface area contributed by atoms with Crippen molar-refractivity contribution in [1.29, 1.82) is 0 Å². The standard InChI is InChI=1S/C19H17N3O4S/c1-12(23)26-14-8-6-13(7-9-14)11-20-22-18(24)10-17-19(25)21-15-4-2-3-5-16(15)27-17/h2-9,11,17H,10H2,1H3,(H,21,25)(H,22,24)/b20-11+. The van der Waals surface area contributed by atoms with Crippen LogP contribution in [-0.2, 0) is 14.4 Å². The monoisotopic (exact) mass is 383 g/mol. The lowest BCUT2D eigenvalue weighted by Crippen LogP contribution is -2.33. The number of para-hydroxylation sites is 1. The lowest BCUT2D eigenvalue weighted by Gasteiger charge is -2.23. The van der Waals surface area contributed by atoms with Gasteiger partial charge in [0.1, 0.15) is 5.75 Å². The summed E-state index contributed by atoms with van der Waals surface area (Å²) in [6.07, 6.45) is 1.49. The molecule has 1 unspecified atom stereocenters. The molecule has 1 heterocycles. The van der Waals surface area contributed by atoms with E-state index in [2.05, 4.69) is 15.8 Å². The van der Waals surface area contributed by atoms with Gasteiger partial charge < -0.3 is 10.1 Å². The first-order valence-electron chi connectivity index (χ1n) is 8.18. The van der Waals surface area contributed by atoms with Crippen LogP contribution in [0.5, 0.6) is 5.75 Å². The minimum Gasteiger partial charge on any atom is -0.427 e. The van der Waals surface area contributed by atoms with Gasteiger partial charge in [0, 0.05) is 18.2 Å². The molecule has 2 aromatic carbocycles. The summed E-state index contributed by atoms with van der Waals surface area (Å²) in [4.78, 5) is 36.0. The molecule has 0 aliphatic carbocycles. The summed E-state index contributed by atoms with van der Waals surface area (Å²) in [5.41, 5.74) is 3.91. The number of hydrogen-bond donors (Lipinski definition) is 2. The molecule has 0 saturated heterocycles. The summed E-state index contributed by atoms with van der Waals surface area (Å²) >= 11 is 1.36. The molecule has 0 fully saturated rings. The van der Waals surface area contributed by atoms with Gasteiger partial charge in [-0.3, -0.25) is 14.4 Å². The largest absolute Gasteiger partial charge is 0.427 e. The second-order valence-electron chi connectivity index (χ2n) is 5.75. The Morgan fingerprint density at radius 2 is 1.96 bits per heavy atom. The number of anilines is 1. The van der Waals surface area contributed by atoms with Crippen LogP contribution in [0.1, 0.15) is 18.9 Å². The van der Waals surface area contributed by atoms with Crippen molar-refractivity contribution < 1.29 is 19.1 Å². The summed E-state index contributed by atoms with van der Waals surface area (Å²) in [5.74, 6) is -0.506. The minimum atomic E-state index is -0.502. The van der Waals surface area contributed by atoms with Crippen molar-refractivity contribution in [2.24, 2.45) is 5.10 Å². The Bertz CT molecular complexity index is 896. The average Bonchev–Trinajstić information content (AvgIpc) is 2.63. The van der Waals surface area contributed by atoms with Crippen LogP contribution in [-0.4, -0.2) is 29.2 Å². The Labute approximate surface area is 160 Å². The van der Waals surface area contributed by atoms with Crippen LogP contribution >= 0.6 is 11.8 Å². The first kappa shape index (κ1) is 18.7. The van der Waals surface area contributed by atoms with E-state index >= 15 is 0 Å². The molecule has 7 nitrogen and oxygen atoms in total. The number of carbonyl (C=O) groups is 3. The number of nitrogens with zero attached hydrogens (tertiary/aromatic N) is 1. The number of benzene rings is 2. The summed E-state index contributed by atoms with van der Waals surface area (Å²) in [7, 11) is 0. The summed E-state index contributed by atoms with van der Waals surface area (Å²) in [5, 5.41) is 6.19. The van der Waals surface area contributed by atoms with E-state index in [1.54, 1.807) is 24.3 Å². The van der Waals surface area contributed by atoms with Crippen LogP contribution in [0.15, 0.2) is 58.5 Å². The highest BCUT2D eigenvalue weighted by Crippen LogP contribution is 2.36. The number of amides is 2. The Kier molecular flexibility index (Phi) is 5.87. The molecule has 0 spiro atoms. The fourth-order valence-corrected chi connectivity index (χ4v) is 3.52. The third-order valence-electron chi connectivity index (χ3n) is 3.62. The molecular formula is C19H17N3O4S. The number of ether oxygens (including phenoxy) is 1. The predicted molar refractivity (Wildman–Crippen MR) is 103 cm³/mol. The zero-order valence-corrected chi connectivity index (χ0v) is 15.3. The van der Waals surface area contributed by atoms with Crippen LogP contribution in [0.3, 0.4) is 0 Å². The number of carbonyl (C=O) groups excluding carboxylic acids is 3. The lowest BCUT2D eigenvalue weighted by atomic mass is 10.2. The molecule has 0 radical (unpaired) electrons. The van der Waals surface area contributed by atoms with E-state index < -0.39 is 11.2 Å². The van der Waals surface area contributed by atoms with Crippen LogP contribution < -0.4 is 15.5 Å². The number of esters is 1. The SMILES string of the molecule is CC(=O)Oc1ccc(/C=N/NC(=O)CC2Sc3ccccc3NC2=O)cc1. The van der Waals surface area contributed by atoms with E-state index in [1.807, 2.05) is 24.3 Å². The molecule has 2 amide bonds. The summed E-state index contributed by atoms with van der Waals surface area (Å²) < 4.78 is 4.94. The van der Waals surface area contributed by atoms with Crippen molar-refractivity contribution >= 4 is 41.4 Å². The molecule has 8 heteroatoms. The van der Waals surface area contributed by atoms with Crippen LogP contribution in [0.4, 0.5) is 5.69 Å². The van der Waals surface area contributed by atoms with Gasteiger partial charge in [0.05, 0.1) is 17.2 Å². The third kappa shape index (κ3) is 5.18. The maximum atomic E-state index is 12.1. The van der Waals surface area contributed by atoms with Gasteiger partial charge in [0.15, 0.2) is 0 Å². The van der Waals surface area contributed by atoms with Gasteiger partial charge in [-0.1, -0.05) is 12.1 Å². The van der Waals surface area contributed by atoms with Crippen LogP contribution in [0.2, 0.25) is 0 Å². The first-order chi connectivity index (χ1) is 13.0. The second kappa shape index (κ2) is 8.50. The van der Waals surface area contributed by atoms with Gasteiger partial charge in [-0.15, -0.1) is 11.8 Å². The molecule has 0 saturated carbocycles. The van der Waals surface area contributed by atoms with Gasteiger partial charge in [-0.05, 0) is 42.0 Å². The number of hydrazone groups is 1. The molecule has 1 aliphatic rings. The van der Waals surface area contributed by atoms with Gasteiger partial charge in [-0.2, -0.15) is 5.10 Å². The Morgan fingerprint density at radius 3 is 2.70 bits per heavy atom. The number of rotatable bonds is 5. The lowest BCUT2D eigenvalue weighted by molar-refractivity contribution is -0.131. The predicted octanol–water partition coefficient (Wildman–Crippen LogP) is 2.57. The zero-order chi connectivity index (χ0) is 19.2. The zero-order valence-electron chi connectivity index (χ0n) is 14.5. The Hall–Kier alpha value is -3.13. The number of fused-ring (bicyclic) bond motifs is 1. The molecule has 1 aliphatic heterocycles. The second-order valence-corrected chi connectivity index (χ2v) is 7.00. The molecule has 2 aromatic rings. The van der Waals surface area contributed by atoms with Crippen molar-refractivity contribution in [3.05, 3.63) is 54.1 Å². The Morgan fingerprint density at radius 1 is 1.22 bits per heavy atom. The summed E-state index contributed by atoms with van der Waals surface area (Å²) in [6.45, 7) is 1.33. The molecule has 0 bridgehead atoms. The Balaban J connectivity index is 1.51. The average molecular weight is 383 g/mol. The molecule has 2 N–H and O–H groups in total. The number of thioether (sulfide) groups is 1. The van der Waals surface area contributed by atoms with E-state index in [0.717, 1.165) is 16.1 Å². The highest BCUT2D eigenvalue weighted by Gasteiger charge is 2.28. The number of hydrogen-bond acceptors (Lipinski definition) is 6. The van der Waals surface area contributed by atoms with Crippen molar-refractivity contribution in [1.82, 2.24) is 5.43 Å². The molecule has 1 atom stereocenters. The van der Waals surface area contributed by atoms with Gasteiger partial charge >= 0.3 is 5.97 Å². The van der Waals surface area contributed by atoms with Crippen LogP contribution in [0.25, 0.3) is 0 Å². The van der Waals surface area contributed by atoms with E-state index in [0.29, 0.717) is 5.75 Å². The van der Waals surface area contributed by atoms with Gasteiger partial charge in [0.25, 0.3) is 0 Å². The quantitative estimate of drug-likeness (QED) is 0.358. The van der Waals surface area contributed by atoms with E-state index in [9.17, 15) is 14.4 Å². The van der Waals surface area contributed by atoms with Crippen molar-refractivity contribution in [2.75, 3.05) is 5.32 Å². The number of nitrogens with one attached hydrogen (secondary N) is 2. The van der Waals surface area contributed by atoms with E-state index in [-0.39, 0.29) is 18.2 Å². The fraction of sp³-hybridized carbons (Fsp3) is 0.158. The summed E-state index contributed by atoms with van der Waals surface area (Å²) in [6, 6.07) is 14.1. The molecular weight excluding hydrogens is 366 g/mol. The maximum Gasteiger partial charge on any atom is 0.308 e. The normalized spacial score (nSPS) is 15.7. The highest BCUT2D eigenvalue weighted by atomic mass is 32.2. The topological polar surface area (TPSA) is 96.9 Å². The third-order valence-corrected chi connectivity index (χ3v) is 4.90. The van der Waals surface area contributed by atoms with Crippen molar-refractivity contribution in [3.8, 4) is 5.75 Å². The molecule has 27 heavy (non-hydrogen) atoms. The van der Waals surface area contributed by atoms with E-state index in [1.165, 1.54) is 24.9 Å². The first-order valence-corrected chi connectivity index (χ1v) is 9.06. The molecule has 3 rings (SSSR count). The fourth-order valence-electron chi connectivity index (χ4n) is 2.41.